The van der Waals surface area contributed by atoms with Gasteiger partial charge < -0.3 is 14.4 Å². The minimum absolute atomic E-state index is 0.0201. The molecule has 1 fully saturated rings. The van der Waals surface area contributed by atoms with E-state index < -0.39 is 0 Å². The molecule has 1 amide bonds. The average molecular weight is 385 g/mol. The van der Waals surface area contributed by atoms with Gasteiger partial charge in [-0.2, -0.15) is 0 Å². The summed E-state index contributed by atoms with van der Waals surface area (Å²) in [5.41, 5.74) is 2.78. The lowest BCUT2D eigenvalue weighted by atomic mass is 9.96. The van der Waals surface area contributed by atoms with Gasteiger partial charge in [-0.25, -0.2) is 4.98 Å². The number of carbonyl (C=O) groups excluding carboxylic acids is 1. The third-order valence-corrected chi connectivity index (χ3v) is 5.74. The van der Waals surface area contributed by atoms with Gasteiger partial charge in [0, 0.05) is 30.1 Å². The molecule has 0 bridgehead atoms. The van der Waals surface area contributed by atoms with Crippen molar-refractivity contribution in [3.8, 4) is 11.5 Å². The van der Waals surface area contributed by atoms with Crippen molar-refractivity contribution in [2.24, 2.45) is 5.92 Å². The van der Waals surface area contributed by atoms with Crippen LogP contribution in [0, 0.1) is 12.8 Å². The zero-order chi connectivity index (χ0) is 19.0. The highest BCUT2D eigenvalue weighted by Gasteiger charge is 2.26. The third-order valence-electron chi connectivity index (χ3n) is 5.33. The molecule has 1 aliphatic rings. The van der Waals surface area contributed by atoms with Crippen molar-refractivity contribution < 1.29 is 14.3 Å². The molecule has 0 unspecified atom stereocenters. The van der Waals surface area contributed by atoms with Gasteiger partial charge in [-0.3, -0.25) is 4.79 Å². The highest BCUT2D eigenvalue weighted by molar-refractivity contribution is 6.32. The number of pyridine rings is 1. The summed E-state index contributed by atoms with van der Waals surface area (Å²) in [6.45, 7) is 3.39. The maximum Gasteiger partial charge on any atom is 0.254 e. The Kier molecular flexibility index (Phi) is 4.89. The summed E-state index contributed by atoms with van der Waals surface area (Å²) < 4.78 is 5.50. The summed E-state index contributed by atoms with van der Waals surface area (Å²) in [5.74, 6) is 0.876. The minimum atomic E-state index is -0.0201. The normalized spacial score (nSPS) is 15.4. The standard InChI is InChI=1S/C21H21ClN2O3/c1-13-17(22)5-4-15-16(21(26)24-8-6-14(12-25)7-9-24)11-18(23-20(13)15)19-3-2-10-27-19/h2-5,10-11,14,25H,6-9,12H2,1H3. The molecule has 0 atom stereocenters. The van der Waals surface area contributed by atoms with Crippen LogP contribution in [0.1, 0.15) is 28.8 Å². The van der Waals surface area contributed by atoms with Crippen LogP contribution in [-0.4, -0.2) is 40.6 Å². The lowest BCUT2D eigenvalue weighted by Gasteiger charge is -2.31. The Balaban J connectivity index is 1.81. The number of hydrogen-bond acceptors (Lipinski definition) is 4. The molecule has 1 N–H and O–H groups in total. The fourth-order valence-corrected chi connectivity index (χ4v) is 3.77. The van der Waals surface area contributed by atoms with E-state index >= 15 is 0 Å². The van der Waals surface area contributed by atoms with Crippen molar-refractivity contribution in [1.82, 2.24) is 9.88 Å². The van der Waals surface area contributed by atoms with Gasteiger partial charge in [-0.15, -0.1) is 0 Å². The first-order valence-corrected chi connectivity index (χ1v) is 9.50. The molecule has 0 saturated carbocycles. The van der Waals surface area contributed by atoms with Crippen LogP contribution in [0.4, 0.5) is 0 Å². The Labute approximate surface area is 162 Å². The quantitative estimate of drug-likeness (QED) is 0.731. The lowest BCUT2D eigenvalue weighted by molar-refractivity contribution is 0.0653. The number of aromatic nitrogens is 1. The number of piperidine rings is 1. The molecule has 3 heterocycles. The summed E-state index contributed by atoms with van der Waals surface area (Å²) in [6, 6.07) is 9.09. The number of likely N-dealkylation sites (tertiary alicyclic amines) is 1. The minimum Gasteiger partial charge on any atom is -0.463 e. The second kappa shape index (κ2) is 7.33. The van der Waals surface area contributed by atoms with E-state index in [1.165, 1.54) is 0 Å². The number of carbonyl (C=O) groups is 1. The van der Waals surface area contributed by atoms with Gasteiger partial charge >= 0.3 is 0 Å². The summed E-state index contributed by atoms with van der Waals surface area (Å²) in [4.78, 5) is 19.9. The molecule has 5 nitrogen and oxygen atoms in total. The number of rotatable bonds is 3. The number of fused-ring (bicyclic) bond motifs is 1. The molecule has 6 heteroatoms. The maximum absolute atomic E-state index is 13.3. The molecule has 1 saturated heterocycles. The lowest BCUT2D eigenvalue weighted by Crippen LogP contribution is -2.39. The van der Waals surface area contributed by atoms with Crippen molar-refractivity contribution in [3.05, 3.63) is 52.7 Å². The molecule has 4 rings (SSSR count). The molecule has 140 valence electrons. The number of nitrogens with zero attached hydrogens (tertiary/aromatic N) is 2. The van der Waals surface area contributed by atoms with Gasteiger partial charge in [0.2, 0.25) is 0 Å². The van der Waals surface area contributed by atoms with E-state index in [2.05, 4.69) is 0 Å². The third kappa shape index (κ3) is 3.33. The largest absolute Gasteiger partial charge is 0.463 e. The highest BCUT2D eigenvalue weighted by Crippen LogP contribution is 2.31. The molecule has 2 aromatic heterocycles. The van der Waals surface area contributed by atoms with Gasteiger partial charge in [0.15, 0.2) is 5.76 Å². The van der Waals surface area contributed by atoms with E-state index in [0.29, 0.717) is 40.6 Å². The molecule has 3 aromatic rings. The van der Waals surface area contributed by atoms with Gasteiger partial charge in [-0.05, 0) is 55.5 Å². The van der Waals surface area contributed by atoms with E-state index in [9.17, 15) is 9.90 Å². The number of hydrogen-bond donors (Lipinski definition) is 1. The van der Waals surface area contributed by atoms with Crippen molar-refractivity contribution >= 4 is 28.4 Å². The monoisotopic (exact) mass is 384 g/mol. The topological polar surface area (TPSA) is 66.6 Å². The van der Waals surface area contributed by atoms with Gasteiger partial charge in [0.05, 0.1) is 17.3 Å². The fraction of sp³-hybridized carbons (Fsp3) is 0.333. The van der Waals surface area contributed by atoms with Crippen molar-refractivity contribution in [2.75, 3.05) is 19.7 Å². The van der Waals surface area contributed by atoms with Crippen LogP contribution in [0.5, 0.6) is 0 Å². The Morgan fingerprint density at radius 1 is 1.33 bits per heavy atom. The summed E-state index contributed by atoms with van der Waals surface area (Å²) in [7, 11) is 0. The smallest absolute Gasteiger partial charge is 0.254 e. The summed E-state index contributed by atoms with van der Waals surface area (Å²) in [5, 5.41) is 10.8. The molecule has 0 aliphatic carbocycles. The summed E-state index contributed by atoms with van der Waals surface area (Å²) in [6.07, 6.45) is 3.23. The number of benzene rings is 1. The number of furan rings is 1. The number of halogens is 1. The van der Waals surface area contributed by atoms with Crippen LogP contribution in [0.15, 0.2) is 41.0 Å². The first kappa shape index (κ1) is 18.0. The fourth-order valence-electron chi connectivity index (χ4n) is 3.62. The maximum atomic E-state index is 13.3. The van der Waals surface area contributed by atoms with Crippen LogP contribution in [0.2, 0.25) is 5.02 Å². The van der Waals surface area contributed by atoms with Crippen LogP contribution in [0.3, 0.4) is 0 Å². The van der Waals surface area contributed by atoms with Gasteiger partial charge in [0.1, 0.15) is 5.69 Å². The van der Waals surface area contributed by atoms with Crippen LogP contribution < -0.4 is 0 Å². The molecule has 27 heavy (non-hydrogen) atoms. The van der Waals surface area contributed by atoms with Gasteiger partial charge in [-0.1, -0.05) is 17.7 Å². The van der Waals surface area contributed by atoms with E-state index in [1.807, 2.05) is 30.0 Å². The van der Waals surface area contributed by atoms with Crippen LogP contribution >= 0.6 is 11.6 Å². The zero-order valence-corrected chi connectivity index (χ0v) is 15.9. The molecule has 0 radical (unpaired) electrons. The van der Waals surface area contributed by atoms with Crippen LogP contribution in [-0.2, 0) is 0 Å². The van der Waals surface area contributed by atoms with E-state index in [-0.39, 0.29) is 18.4 Å². The van der Waals surface area contributed by atoms with E-state index in [1.54, 1.807) is 18.4 Å². The Morgan fingerprint density at radius 2 is 2.11 bits per heavy atom. The first-order valence-electron chi connectivity index (χ1n) is 9.12. The Bertz CT molecular complexity index is 977. The zero-order valence-electron chi connectivity index (χ0n) is 15.1. The van der Waals surface area contributed by atoms with Crippen molar-refractivity contribution in [2.45, 2.75) is 19.8 Å². The number of aliphatic hydroxyl groups is 1. The first-order chi connectivity index (χ1) is 13.1. The van der Waals surface area contributed by atoms with E-state index in [0.717, 1.165) is 23.8 Å². The second-order valence-corrected chi connectivity index (χ2v) is 7.43. The molecular formula is C21H21ClN2O3. The number of amides is 1. The average Bonchev–Trinajstić information content (AvgIpc) is 3.24. The Morgan fingerprint density at radius 3 is 2.78 bits per heavy atom. The molecule has 1 aromatic carbocycles. The van der Waals surface area contributed by atoms with Crippen LogP contribution in [0.25, 0.3) is 22.4 Å². The SMILES string of the molecule is Cc1c(Cl)ccc2c(C(=O)N3CCC(CO)CC3)cc(-c3ccco3)nc12. The highest BCUT2D eigenvalue weighted by atomic mass is 35.5. The molecule has 1 aliphatic heterocycles. The van der Waals surface area contributed by atoms with Crippen molar-refractivity contribution in [1.29, 1.82) is 0 Å². The second-order valence-electron chi connectivity index (χ2n) is 7.02. The number of aliphatic hydroxyl groups excluding tert-OH is 1. The molecule has 0 spiro atoms. The number of aryl methyl sites for hydroxylation is 1. The van der Waals surface area contributed by atoms with Gasteiger partial charge in [0.25, 0.3) is 5.91 Å². The molecular weight excluding hydrogens is 364 g/mol. The summed E-state index contributed by atoms with van der Waals surface area (Å²) >= 11 is 6.30. The Hall–Kier alpha value is -2.37. The predicted octanol–water partition coefficient (Wildman–Crippen LogP) is 4.30. The van der Waals surface area contributed by atoms with Crippen molar-refractivity contribution in [3.63, 3.8) is 0 Å². The van der Waals surface area contributed by atoms with E-state index in [4.69, 9.17) is 21.0 Å². The predicted molar refractivity (Wildman–Crippen MR) is 105 cm³/mol.